The molecule has 7 heteroatoms. The summed E-state index contributed by atoms with van der Waals surface area (Å²) in [6, 6.07) is 7.83. The number of carbonyl (C=O) groups is 2. The molecule has 1 atom stereocenters. The van der Waals surface area contributed by atoms with Gasteiger partial charge in [0, 0.05) is 59.5 Å². The third-order valence-electron chi connectivity index (χ3n) is 7.99. The molecule has 2 aromatic rings. The van der Waals surface area contributed by atoms with E-state index in [0.717, 1.165) is 62.1 Å². The molecule has 1 aromatic carbocycles. The molecule has 3 aliphatic rings. The molecule has 0 radical (unpaired) electrons. The van der Waals surface area contributed by atoms with Gasteiger partial charge in [-0.3, -0.25) is 14.3 Å². The first kappa shape index (κ1) is 23.2. The highest BCUT2D eigenvalue weighted by Gasteiger charge is 2.49. The number of nitrogens with zero attached hydrogens (tertiary/aromatic N) is 4. The summed E-state index contributed by atoms with van der Waals surface area (Å²) in [5.41, 5.74) is 3.65. The molecule has 3 aliphatic heterocycles. The quantitative estimate of drug-likeness (QED) is 0.592. The Labute approximate surface area is 206 Å². The fourth-order valence-electron chi connectivity index (χ4n) is 6.10. The highest BCUT2D eigenvalue weighted by Crippen LogP contribution is 2.44. The Hall–Kier alpha value is -2.60. The molecule has 34 heavy (non-hydrogen) atoms. The van der Waals surface area contributed by atoms with Gasteiger partial charge in [-0.05, 0) is 50.2 Å². The number of benzene rings is 1. The van der Waals surface area contributed by atoms with E-state index in [9.17, 15) is 9.59 Å². The predicted octanol–water partition coefficient (Wildman–Crippen LogP) is 4.82. The minimum Gasteiger partial charge on any atom is -0.338 e. The van der Waals surface area contributed by atoms with Gasteiger partial charge >= 0.3 is 0 Å². The minimum atomic E-state index is -0.0182. The Morgan fingerprint density at radius 1 is 1.18 bits per heavy atom. The van der Waals surface area contributed by atoms with E-state index in [-0.39, 0.29) is 28.7 Å². The Kier molecular flexibility index (Phi) is 5.63. The molecule has 0 bridgehead atoms. The van der Waals surface area contributed by atoms with Gasteiger partial charge < -0.3 is 9.80 Å². The summed E-state index contributed by atoms with van der Waals surface area (Å²) in [5.74, 6) is -0.0250. The average Bonchev–Trinajstić information content (AvgIpc) is 3.14. The summed E-state index contributed by atoms with van der Waals surface area (Å²) in [6.45, 7) is 13.2. The molecule has 0 saturated carbocycles. The van der Waals surface area contributed by atoms with Crippen molar-refractivity contribution >= 4 is 23.4 Å². The van der Waals surface area contributed by atoms with Gasteiger partial charge in [-0.1, -0.05) is 50.2 Å². The van der Waals surface area contributed by atoms with Crippen LogP contribution in [0.1, 0.15) is 56.2 Å². The number of hydrogen-bond acceptors (Lipinski definition) is 3. The Morgan fingerprint density at radius 2 is 1.91 bits per heavy atom. The van der Waals surface area contributed by atoms with Crippen molar-refractivity contribution in [3.63, 3.8) is 0 Å². The van der Waals surface area contributed by atoms with Crippen LogP contribution in [0.5, 0.6) is 0 Å². The first-order valence-electron chi connectivity index (χ1n) is 12.2. The van der Waals surface area contributed by atoms with Crippen LogP contribution in [-0.4, -0.2) is 57.1 Å². The van der Waals surface area contributed by atoms with Crippen LogP contribution in [0.15, 0.2) is 36.9 Å². The van der Waals surface area contributed by atoms with E-state index in [4.69, 9.17) is 16.7 Å². The molecule has 0 N–H and O–H groups in total. The van der Waals surface area contributed by atoms with E-state index in [1.54, 1.807) is 0 Å². The fraction of sp³-hybridized carbons (Fsp3) is 0.519. The van der Waals surface area contributed by atoms with Crippen LogP contribution >= 0.6 is 11.6 Å². The summed E-state index contributed by atoms with van der Waals surface area (Å²) in [7, 11) is 0. The number of rotatable bonds is 3. The molecule has 0 unspecified atom stereocenters. The monoisotopic (exact) mass is 480 g/mol. The molecule has 1 aromatic heterocycles. The molecule has 0 aliphatic carbocycles. The topological polar surface area (TPSA) is 58.4 Å². The first-order chi connectivity index (χ1) is 16.1. The Morgan fingerprint density at radius 3 is 2.59 bits per heavy atom. The second kappa shape index (κ2) is 8.26. The molecule has 2 amide bonds. The van der Waals surface area contributed by atoms with Gasteiger partial charge in [-0.25, -0.2) is 0 Å². The number of halogens is 1. The fourth-order valence-corrected chi connectivity index (χ4v) is 6.33. The summed E-state index contributed by atoms with van der Waals surface area (Å²) >= 11 is 6.63. The van der Waals surface area contributed by atoms with Crippen LogP contribution in [0.25, 0.3) is 11.1 Å². The van der Waals surface area contributed by atoms with Crippen LogP contribution in [0, 0.1) is 10.8 Å². The van der Waals surface area contributed by atoms with Crippen molar-refractivity contribution in [1.82, 2.24) is 19.6 Å². The molecule has 2 saturated heterocycles. The van der Waals surface area contributed by atoms with Crippen LogP contribution in [0.3, 0.4) is 0 Å². The third kappa shape index (κ3) is 3.86. The maximum atomic E-state index is 14.0. The summed E-state index contributed by atoms with van der Waals surface area (Å²) in [4.78, 5) is 29.7. The van der Waals surface area contributed by atoms with E-state index >= 15 is 0 Å². The van der Waals surface area contributed by atoms with Crippen molar-refractivity contribution in [3.8, 4) is 11.1 Å². The first-order valence-corrected chi connectivity index (χ1v) is 12.6. The lowest BCUT2D eigenvalue weighted by Crippen LogP contribution is -2.63. The predicted molar refractivity (Wildman–Crippen MR) is 134 cm³/mol. The van der Waals surface area contributed by atoms with Crippen LogP contribution in [0.2, 0.25) is 5.02 Å². The van der Waals surface area contributed by atoms with Crippen molar-refractivity contribution < 1.29 is 9.59 Å². The number of likely N-dealkylation sites (tertiary alicyclic amines) is 2. The van der Waals surface area contributed by atoms with Gasteiger partial charge in [0.05, 0.1) is 0 Å². The van der Waals surface area contributed by atoms with Crippen molar-refractivity contribution in [2.24, 2.45) is 10.8 Å². The van der Waals surface area contributed by atoms with Crippen molar-refractivity contribution in [2.75, 3.05) is 19.6 Å². The van der Waals surface area contributed by atoms with E-state index in [0.29, 0.717) is 17.3 Å². The van der Waals surface area contributed by atoms with E-state index < -0.39 is 0 Å². The minimum absolute atomic E-state index is 0.00678. The lowest BCUT2D eigenvalue weighted by Gasteiger charge is -2.55. The third-order valence-corrected chi connectivity index (χ3v) is 8.32. The number of carbonyl (C=O) groups excluding carboxylic acids is 2. The van der Waals surface area contributed by atoms with Crippen molar-refractivity contribution in [2.45, 2.75) is 59.0 Å². The number of aromatic nitrogens is 2. The highest BCUT2D eigenvalue weighted by molar-refractivity contribution is 6.33. The standard InChI is InChI=1S/C27H33ClN4O2/c1-5-22(33)30-16-27(17-30)11-12-31(18(2)14-27)25(34)24-23(19-8-6-7-9-20(19)28)21-15-26(3,4)10-13-32(21)29-24/h5-9,18H,1,10-17H2,2-4H3/t18-/m0/s1. The lowest BCUT2D eigenvalue weighted by atomic mass is 9.69. The smallest absolute Gasteiger partial charge is 0.275 e. The Balaban J connectivity index is 1.45. The van der Waals surface area contributed by atoms with Crippen LogP contribution < -0.4 is 0 Å². The summed E-state index contributed by atoms with van der Waals surface area (Å²) < 4.78 is 2.03. The number of aryl methyl sites for hydroxylation is 1. The van der Waals surface area contributed by atoms with Gasteiger partial charge in [-0.2, -0.15) is 5.10 Å². The van der Waals surface area contributed by atoms with Crippen LogP contribution in [0.4, 0.5) is 0 Å². The molecule has 180 valence electrons. The Bertz CT molecular complexity index is 1160. The second-order valence-corrected chi connectivity index (χ2v) is 11.6. The van der Waals surface area contributed by atoms with Gasteiger partial charge in [-0.15, -0.1) is 0 Å². The summed E-state index contributed by atoms with van der Waals surface area (Å²) in [5, 5.41) is 5.50. The average molecular weight is 481 g/mol. The number of amides is 2. The van der Waals surface area contributed by atoms with Crippen molar-refractivity contribution in [1.29, 1.82) is 0 Å². The second-order valence-electron chi connectivity index (χ2n) is 11.2. The van der Waals surface area contributed by atoms with Gasteiger partial charge in [0.1, 0.15) is 0 Å². The van der Waals surface area contributed by atoms with E-state index in [1.165, 1.54) is 6.08 Å². The lowest BCUT2D eigenvalue weighted by molar-refractivity contribution is -0.142. The number of fused-ring (bicyclic) bond motifs is 1. The van der Waals surface area contributed by atoms with Crippen molar-refractivity contribution in [3.05, 3.63) is 53.3 Å². The zero-order valence-electron chi connectivity index (χ0n) is 20.3. The maximum absolute atomic E-state index is 14.0. The van der Waals surface area contributed by atoms with Gasteiger partial charge in [0.2, 0.25) is 5.91 Å². The van der Waals surface area contributed by atoms with E-state index in [2.05, 4.69) is 27.4 Å². The molecule has 5 rings (SSSR count). The molecule has 1 spiro atoms. The molecule has 4 heterocycles. The number of hydrogen-bond donors (Lipinski definition) is 0. The zero-order chi connectivity index (χ0) is 24.3. The van der Waals surface area contributed by atoms with Gasteiger partial charge in [0.25, 0.3) is 5.91 Å². The van der Waals surface area contributed by atoms with E-state index in [1.807, 2.05) is 38.7 Å². The molecular weight excluding hydrogens is 448 g/mol. The highest BCUT2D eigenvalue weighted by atomic mass is 35.5. The summed E-state index contributed by atoms with van der Waals surface area (Å²) in [6.07, 6.45) is 5.06. The zero-order valence-corrected chi connectivity index (χ0v) is 21.1. The molecular formula is C27H33ClN4O2. The SMILES string of the molecule is C=CC(=O)N1CC2(CCN(C(=O)c3nn4c(c3-c3ccccc3Cl)CC(C)(C)CC4)[C@@H](C)C2)C1. The molecule has 6 nitrogen and oxygen atoms in total. The van der Waals surface area contributed by atoms with Gasteiger partial charge in [0.15, 0.2) is 5.69 Å². The molecule has 2 fully saturated rings. The number of piperidine rings is 1. The maximum Gasteiger partial charge on any atom is 0.275 e. The van der Waals surface area contributed by atoms with Crippen LogP contribution in [-0.2, 0) is 17.8 Å². The normalized spacial score (nSPS) is 22.8. The largest absolute Gasteiger partial charge is 0.338 e.